The SMILES string of the molecule is CCN1C[C@@H](C)[C@H](NS(=O)(=O)c2ccc3c(c2)OCCCO3)C1. The van der Waals surface area contributed by atoms with Gasteiger partial charge in [0.1, 0.15) is 0 Å². The Morgan fingerprint density at radius 2 is 1.96 bits per heavy atom. The van der Waals surface area contributed by atoms with Gasteiger partial charge in [-0.15, -0.1) is 0 Å². The molecule has 1 aromatic carbocycles. The lowest BCUT2D eigenvalue weighted by Gasteiger charge is -2.17. The molecule has 1 N–H and O–H groups in total. The molecule has 3 rings (SSSR count). The molecular formula is C16H24N2O4S. The molecule has 23 heavy (non-hydrogen) atoms. The summed E-state index contributed by atoms with van der Waals surface area (Å²) in [5.41, 5.74) is 0. The Morgan fingerprint density at radius 3 is 2.65 bits per heavy atom. The number of fused-ring (bicyclic) bond motifs is 1. The maximum absolute atomic E-state index is 12.7. The van der Waals surface area contributed by atoms with Crippen LogP contribution in [0, 0.1) is 5.92 Å². The number of ether oxygens (including phenoxy) is 2. The molecule has 2 atom stereocenters. The number of nitrogens with zero attached hydrogens (tertiary/aromatic N) is 1. The van der Waals surface area contributed by atoms with Crippen molar-refractivity contribution in [3.63, 3.8) is 0 Å². The Hall–Kier alpha value is -1.31. The summed E-state index contributed by atoms with van der Waals surface area (Å²) in [5.74, 6) is 1.40. The van der Waals surface area contributed by atoms with Gasteiger partial charge < -0.3 is 14.4 Å². The smallest absolute Gasteiger partial charge is 0.241 e. The maximum Gasteiger partial charge on any atom is 0.241 e. The average molecular weight is 340 g/mol. The van der Waals surface area contributed by atoms with Crippen LogP contribution in [0.4, 0.5) is 0 Å². The molecule has 0 aromatic heterocycles. The third-order valence-corrected chi connectivity index (χ3v) is 5.96. The minimum atomic E-state index is -3.57. The Bertz CT molecular complexity index is 662. The highest BCUT2D eigenvalue weighted by Crippen LogP contribution is 2.32. The first-order valence-electron chi connectivity index (χ1n) is 8.14. The number of hydrogen-bond donors (Lipinski definition) is 1. The van der Waals surface area contributed by atoms with E-state index in [1.54, 1.807) is 18.2 Å². The van der Waals surface area contributed by atoms with E-state index in [0.29, 0.717) is 30.6 Å². The number of nitrogens with one attached hydrogen (secondary N) is 1. The van der Waals surface area contributed by atoms with Crippen LogP contribution in [0.15, 0.2) is 23.1 Å². The fourth-order valence-corrected chi connectivity index (χ4v) is 4.41. The fourth-order valence-electron chi connectivity index (χ4n) is 3.06. The molecule has 1 aromatic rings. The van der Waals surface area contributed by atoms with Crippen molar-refractivity contribution in [3.05, 3.63) is 18.2 Å². The number of hydrogen-bond acceptors (Lipinski definition) is 5. The normalized spacial score (nSPS) is 25.3. The maximum atomic E-state index is 12.7. The van der Waals surface area contributed by atoms with Crippen molar-refractivity contribution < 1.29 is 17.9 Å². The second-order valence-electron chi connectivity index (χ2n) is 6.22. The van der Waals surface area contributed by atoms with E-state index in [9.17, 15) is 8.42 Å². The Labute approximate surface area is 137 Å². The van der Waals surface area contributed by atoms with Crippen molar-refractivity contribution in [3.8, 4) is 11.5 Å². The molecule has 1 fully saturated rings. The van der Waals surface area contributed by atoms with Gasteiger partial charge >= 0.3 is 0 Å². The molecule has 6 nitrogen and oxygen atoms in total. The summed E-state index contributed by atoms with van der Waals surface area (Å²) < 4.78 is 39.3. The summed E-state index contributed by atoms with van der Waals surface area (Å²) in [6.45, 7) is 7.90. The van der Waals surface area contributed by atoms with Crippen LogP contribution in [0.3, 0.4) is 0 Å². The van der Waals surface area contributed by atoms with Gasteiger partial charge in [-0.25, -0.2) is 13.1 Å². The molecule has 128 valence electrons. The summed E-state index contributed by atoms with van der Waals surface area (Å²) in [7, 11) is -3.57. The van der Waals surface area contributed by atoms with Gasteiger partial charge in [0.05, 0.1) is 18.1 Å². The Kier molecular flexibility index (Phi) is 4.79. The van der Waals surface area contributed by atoms with Crippen LogP contribution in [0.1, 0.15) is 20.3 Å². The highest BCUT2D eigenvalue weighted by atomic mass is 32.2. The quantitative estimate of drug-likeness (QED) is 0.899. The first kappa shape index (κ1) is 16.5. The molecule has 0 saturated carbocycles. The van der Waals surface area contributed by atoms with E-state index < -0.39 is 10.0 Å². The standard InChI is InChI=1S/C16H24N2O4S/c1-3-18-10-12(2)14(11-18)17-23(19,20)13-5-6-15-16(9-13)22-8-4-7-21-15/h5-6,9,12,14,17H,3-4,7-8,10-11H2,1-2H3/t12-,14-/m1/s1. The summed E-state index contributed by atoms with van der Waals surface area (Å²) in [5, 5.41) is 0. The van der Waals surface area contributed by atoms with E-state index in [2.05, 4.69) is 23.5 Å². The van der Waals surface area contributed by atoms with Gasteiger partial charge in [-0.05, 0) is 24.6 Å². The minimum absolute atomic E-state index is 0.0593. The molecule has 2 aliphatic rings. The number of likely N-dealkylation sites (tertiary alicyclic amines) is 1. The van der Waals surface area contributed by atoms with Crippen LogP contribution in [0.2, 0.25) is 0 Å². The molecule has 0 aliphatic carbocycles. The molecule has 0 spiro atoms. The second-order valence-corrected chi connectivity index (χ2v) is 7.93. The lowest BCUT2D eigenvalue weighted by atomic mass is 10.1. The van der Waals surface area contributed by atoms with Gasteiger partial charge in [0.25, 0.3) is 0 Å². The Morgan fingerprint density at radius 1 is 1.22 bits per heavy atom. The van der Waals surface area contributed by atoms with Crippen LogP contribution in [-0.2, 0) is 10.0 Å². The van der Waals surface area contributed by atoms with Crippen LogP contribution in [0.5, 0.6) is 11.5 Å². The summed E-state index contributed by atoms with van der Waals surface area (Å²) in [6, 6.07) is 4.75. The van der Waals surface area contributed by atoms with E-state index in [1.807, 2.05) is 0 Å². The van der Waals surface area contributed by atoms with Gasteiger partial charge in [-0.3, -0.25) is 0 Å². The fraction of sp³-hybridized carbons (Fsp3) is 0.625. The highest BCUT2D eigenvalue weighted by molar-refractivity contribution is 7.89. The van der Waals surface area contributed by atoms with Gasteiger partial charge in [-0.1, -0.05) is 13.8 Å². The molecule has 2 aliphatic heterocycles. The molecule has 0 radical (unpaired) electrons. The largest absolute Gasteiger partial charge is 0.490 e. The molecule has 0 bridgehead atoms. The third kappa shape index (κ3) is 3.62. The number of benzene rings is 1. The Balaban J connectivity index is 1.79. The molecule has 0 amide bonds. The molecule has 2 heterocycles. The number of rotatable bonds is 4. The number of likely N-dealkylation sites (N-methyl/N-ethyl adjacent to an activating group) is 1. The van der Waals surface area contributed by atoms with Crippen molar-refractivity contribution in [2.45, 2.75) is 31.2 Å². The molecular weight excluding hydrogens is 316 g/mol. The first-order valence-corrected chi connectivity index (χ1v) is 9.62. The van der Waals surface area contributed by atoms with Crippen LogP contribution in [0.25, 0.3) is 0 Å². The van der Waals surface area contributed by atoms with Gasteiger partial charge in [0.2, 0.25) is 10.0 Å². The van der Waals surface area contributed by atoms with Crippen molar-refractivity contribution in [1.82, 2.24) is 9.62 Å². The summed E-state index contributed by atoms with van der Waals surface area (Å²) in [6.07, 6.45) is 0.793. The monoisotopic (exact) mass is 340 g/mol. The summed E-state index contributed by atoms with van der Waals surface area (Å²) in [4.78, 5) is 2.48. The van der Waals surface area contributed by atoms with Gasteiger partial charge in [-0.2, -0.15) is 0 Å². The van der Waals surface area contributed by atoms with Gasteiger partial charge in [0.15, 0.2) is 11.5 Å². The zero-order chi connectivity index (χ0) is 16.4. The van der Waals surface area contributed by atoms with Crippen molar-refractivity contribution in [1.29, 1.82) is 0 Å². The highest BCUT2D eigenvalue weighted by Gasteiger charge is 2.32. The lowest BCUT2D eigenvalue weighted by Crippen LogP contribution is -2.39. The van der Waals surface area contributed by atoms with E-state index >= 15 is 0 Å². The first-order chi connectivity index (χ1) is 11.0. The zero-order valence-electron chi connectivity index (χ0n) is 13.6. The number of sulfonamides is 1. The zero-order valence-corrected chi connectivity index (χ0v) is 14.4. The summed E-state index contributed by atoms with van der Waals surface area (Å²) >= 11 is 0. The molecule has 7 heteroatoms. The predicted octanol–water partition coefficient (Wildman–Crippen LogP) is 1.47. The van der Waals surface area contributed by atoms with Crippen LogP contribution in [-0.4, -0.2) is 52.2 Å². The van der Waals surface area contributed by atoms with Gasteiger partial charge in [0, 0.05) is 31.6 Å². The third-order valence-electron chi connectivity index (χ3n) is 4.47. The van der Waals surface area contributed by atoms with E-state index in [-0.39, 0.29) is 10.9 Å². The molecule has 1 saturated heterocycles. The van der Waals surface area contributed by atoms with E-state index in [1.165, 1.54) is 0 Å². The van der Waals surface area contributed by atoms with Crippen molar-refractivity contribution in [2.75, 3.05) is 32.8 Å². The van der Waals surface area contributed by atoms with E-state index in [0.717, 1.165) is 26.1 Å². The predicted molar refractivity (Wildman–Crippen MR) is 87.4 cm³/mol. The average Bonchev–Trinajstić information content (AvgIpc) is 2.74. The minimum Gasteiger partial charge on any atom is -0.490 e. The lowest BCUT2D eigenvalue weighted by molar-refractivity contribution is 0.297. The van der Waals surface area contributed by atoms with E-state index in [4.69, 9.17) is 9.47 Å². The molecule has 0 unspecified atom stereocenters. The van der Waals surface area contributed by atoms with Crippen molar-refractivity contribution in [2.24, 2.45) is 5.92 Å². The topological polar surface area (TPSA) is 67.9 Å². The van der Waals surface area contributed by atoms with Crippen molar-refractivity contribution >= 4 is 10.0 Å². The second kappa shape index (κ2) is 6.67. The van der Waals surface area contributed by atoms with Crippen LogP contribution < -0.4 is 14.2 Å². The van der Waals surface area contributed by atoms with Crippen LogP contribution >= 0.6 is 0 Å².